The Morgan fingerprint density at radius 3 is 2.45 bits per heavy atom. The molecule has 106 valence electrons. The SMILES string of the molecule is Cc1cccc(CC(Cc2ccc(F)c(Br)c2)NN)c1. The van der Waals surface area contributed by atoms with Crippen LogP contribution in [0.25, 0.3) is 0 Å². The summed E-state index contributed by atoms with van der Waals surface area (Å²) in [5.74, 6) is 5.39. The summed E-state index contributed by atoms with van der Waals surface area (Å²) in [5.41, 5.74) is 6.38. The number of hydrogen-bond donors (Lipinski definition) is 2. The maximum absolute atomic E-state index is 13.2. The molecule has 0 aromatic heterocycles. The van der Waals surface area contributed by atoms with E-state index in [0.717, 1.165) is 18.4 Å². The lowest BCUT2D eigenvalue weighted by atomic mass is 9.98. The molecule has 2 aromatic carbocycles. The molecule has 0 amide bonds. The van der Waals surface area contributed by atoms with E-state index >= 15 is 0 Å². The van der Waals surface area contributed by atoms with Crippen molar-refractivity contribution in [1.82, 2.24) is 5.43 Å². The van der Waals surface area contributed by atoms with Crippen LogP contribution >= 0.6 is 15.9 Å². The fraction of sp³-hybridized carbons (Fsp3) is 0.250. The molecule has 2 aromatic rings. The van der Waals surface area contributed by atoms with Gasteiger partial charge in [-0.05, 0) is 59.0 Å². The summed E-state index contributed by atoms with van der Waals surface area (Å²) in [6, 6.07) is 13.6. The van der Waals surface area contributed by atoms with Crippen LogP contribution in [0.3, 0.4) is 0 Å². The van der Waals surface area contributed by atoms with Crippen LogP contribution in [0.4, 0.5) is 4.39 Å². The zero-order valence-electron chi connectivity index (χ0n) is 11.4. The van der Waals surface area contributed by atoms with Gasteiger partial charge < -0.3 is 0 Å². The van der Waals surface area contributed by atoms with Crippen molar-refractivity contribution in [1.29, 1.82) is 0 Å². The Bertz CT molecular complexity index is 586. The van der Waals surface area contributed by atoms with E-state index in [2.05, 4.69) is 46.5 Å². The van der Waals surface area contributed by atoms with Gasteiger partial charge in [0.05, 0.1) is 4.47 Å². The molecule has 1 atom stereocenters. The highest BCUT2D eigenvalue weighted by atomic mass is 79.9. The van der Waals surface area contributed by atoms with Gasteiger partial charge in [0.1, 0.15) is 5.82 Å². The largest absolute Gasteiger partial charge is 0.271 e. The van der Waals surface area contributed by atoms with E-state index in [9.17, 15) is 4.39 Å². The molecule has 0 fully saturated rings. The summed E-state index contributed by atoms with van der Waals surface area (Å²) in [5, 5.41) is 0. The Hall–Kier alpha value is -1.23. The summed E-state index contributed by atoms with van der Waals surface area (Å²) in [6.45, 7) is 2.07. The standard InChI is InChI=1S/C16H18BrFN2/c1-11-3-2-4-12(7-11)8-14(20-19)9-13-5-6-16(18)15(17)10-13/h2-7,10,14,20H,8-9,19H2,1H3. The molecule has 0 saturated heterocycles. The number of hydrazine groups is 1. The third kappa shape index (κ3) is 4.13. The Balaban J connectivity index is 2.07. The highest BCUT2D eigenvalue weighted by molar-refractivity contribution is 9.10. The summed E-state index contributed by atoms with van der Waals surface area (Å²) < 4.78 is 13.7. The van der Waals surface area contributed by atoms with Crippen molar-refractivity contribution >= 4 is 15.9 Å². The van der Waals surface area contributed by atoms with Crippen LogP contribution in [-0.2, 0) is 12.8 Å². The van der Waals surface area contributed by atoms with Crippen molar-refractivity contribution in [3.05, 3.63) is 69.4 Å². The molecule has 2 rings (SSSR count). The number of nitrogens with two attached hydrogens (primary N) is 1. The van der Waals surface area contributed by atoms with Gasteiger partial charge in [0, 0.05) is 6.04 Å². The van der Waals surface area contributed by atoms with E-state index in [1.54, 1.807) is 12.1 Å². The Labute approximate surface area is 127 Å². The van der Waals surface area contributed by atoms with Gasteiger partial charge >= 0.3 is 0 Å². The fourth-order valence-corrected chi connectivity index (χ4v) is 2.69. The molecule has 0 spiro atoms. The van der Waals surface area contributed by atoms with Crippen LogP contribution in [-0.4, -0.2) is 6.04 Å². The van der Waals surface area contributed by atoms with E-state index in [1.807, 2.05) is 6.07 Å². The Morgan fingerprint density at radius 1 is 1.15 bits per heavy atom. The van der Waals surface area contributed by atoms with E-state index in [4.69, 9.17) is 5.84 Å². The van der Waals surface area contributed by atoms with Gasteiger partial charge in [-0.2, -0.15) is 0 Å². The first-order chi connectivity index (χ1) is 9.58. The molecule has 1 unspecified atom stereocenters. The molecule has 0 aliphatic carbocycles. The minimum Gasteiger partial charge on any atom is -0.271 e. The zero-order valence-corrected chi connectivity index (χ0v) is 13.0. The predicted molar refractivity (Wildman–Crippen MR) is 83.8 cm³/mol. The molecule has 0 aliphatic heterocycles. The molecule has 4 heteroatoms. The third-order valence-corrected chi connectivity index (χ3v) is 3.87. The van der Waals surface area contributed by atoms with Gasteiger partial charge in [0.15, 0.2) is 0 Å². The number of aryl methyl sites for hydroxylation is 1. The summed E-state index contributed by atoms with van der Waals surface area (Å²) in [6.07, 6.45) is 1.59. The van der Waals surface area contributed by atoms with Crippen LogP contribution in [0.1, 0.15) is 16.7 Å². The maximum atomic E-state index is 13.2. The minimum atomic E-state index is -0.246. The topological polar surface area (TPSA) is 38.0 Å². The first kappa shape index (κ1) is 15.2. The lowest BCUT2D eigenvalue weighted by Crippen LogP contribution is -2.38. The van der Waals surface area contributed by atoms with Crippen LogP contribution in [0.15, 0.2) is 46.9 Å². The quantitative estimate of drug-likeness (QED) is 0.647. The van der Waals surface area contributed by atoms with Gasteiger partial charge in [-0.15, -0.1) is 0 Å². The summed E-state index contributed by atoms with van der Waals surface area (Å²) in [7, 11) is 0. The highest BCUT2D eigenvalue weighted by Gasteiger charge is 2.10. The first-order valence-electron chi connectivity index (χ1n) is 6.54. The van der Waals surface area contributed by atoms with Crippen LogP contribution < -0.4 is 11.3 Å². The van der Waals surface area contributed by atoms with Gasteiger partial charge in [-0.3, -0.25) is 11.3 Å². The molecular weight excluding hydrogens is 319 g/mol. The average molecular weight is 337 g/mol. The van der Waals surface area contributed by atoms with Gasteiger partial charge in [-0.1, -0.05) is 35.9 Å². The number of rotatable bonds is 5. The smallest absolute Gasteiger partial charge is 0.137 e. The van der Waals surface area contributed by atoms with E-state index in [0.29, 0.717) is 4.47 Å². The van der Waals surface area contributed by atoms with Crippen molar-refractivity contribution < 1.29 is 4.39 Å². The number of halogens is 2. The number of hydrogen-bond acceptors (Lipinski definition) is 2. The molecule has 0 saturated carbocycles. The van der Waals surface area contributed by atoms with Gasteiger partial charge in [-0.25, -0.2) is 4.39 Å². The highest BCUT2D eigenvalue weighted by Crippen LogP contribution is 2.18. The van der Waals surface area contributed by atoms with Gasteiger partial charge in [0.2, 0.25) is 0 Å². The molecule has 0 heterocycles. The summed E-state index contributed by atoms with van der Waals surface area (Å²) >= 11 is 3.21. The van der Waals surface area contributed by atoms with Crippen molar-refractivity contribution in [2.24, 2.45) is 5.84 Å². The predicted octanol–water partition coefficient (Wildman–Crippen LogP) is 3.51. The maximum Gasteiger partial charge on any atom is 0.137 e. The molecule has 0 aliphatic rings. The van der Waals surface area contributed by atoms with Crippen LogP contribution in [0, 0.1) is 12.7 Å². The Morgan fingerprint density at radius 2 is 1.85 bits per heavy atom. The third-order valence-electron chi connectivity index (χ3n) is 3.27. The summed E-state index contributed by atoms with van der Waals surface area (Å²) in [4.78, 5) is 0. The second-order valence-corrected chi connectivity index (χ2v) is 5.86. The normalized spacial score (nSPS) is 12.4. The molecular formula is C16H18BrFN2. The fourth-order valence-electron chi connectivity index (χ4n) is 2.26. The first-order valence-corrected chi connectivity index (χ1v) is 7.33. The lowest BCUT2D eigenvalue weighted by molar-refractivity contribution is 0.521. The zero-order chi connectivity index (χ0) is 14.5. The molecule has 20 heavy (non-hydrogen) atoms. The van der Waals surface area contributed by atoms with E-state index in [1.165, 1.54) is 17.2 Å². The van der Waals surface area contributed by atoms with E-state index < -0.39 is 0 Å². The second kappa shape index (κ2) is 6.97. The van der Waals surface area contributed by atoms with Gasteiger partial charge in [0.25, 0.3) is 0 Å². The molecule has 2 nitrogen and oxygen atoms in total. The average Bonchev–Trinajstić information content (AvgIpc) is 2.42. The van der Waals surface area contributed by atoms with E-state index in [-0.39, 0.29) is 11.9 Å². The lowest BCUT2D eigenvalue weighted by Gasteiger charge is -2.16. The number of benzene rings is 2. The molecule has 0 radical (unpaired) electrons. The molecule has 3 N–H and O–H groups in total. The van der Waals surface area contributed by atoms with Crippen molar-refractivity contribution in [3.63, 3.8) is 0 Å². The number of nitrogens with one attached hydrogen (secondary N) is 1. The minimum absolute atomic E-state index is 0.120. The van der Waals surface area contributed by atoms with Crippen molar-refractivity contribution in [2.75, 3.05) is 0 Å². The Kier molecular flexibility index (Phi) is 5.29. The van der Waals surface area contributed by atoms with Crippen LogP contribution in [0.5, 0.6) is 0 Å². The van der Waals surface area contributed by atoms with Crippen molar-refractivity contribution in [2.45, 2.75) is 25.8 Å². The van der Waals surface area contributed by atoms with Crippen LogP contribution in [0.2, 0.25) is 0 Å². The second-order valence-electron chi connectivity index (χ2n) is 5.01. The van der Waals surface area contributed by atoms with Crippen molar-refractivity contribution in [3.8, 4) is 0 Å². The molecule has 0 bridgehead atoms. The monoisotopic (exact) mass is 336 g/mol.